The smallest absolute Gasteiger partial charge is 0.870 e. The molecule has 2 aliphatic heterocycles. The van der Waals surface area contributed by atoms with Gasteiger partial charge in [0.25, 0.3) is 46.6 Å². The third-order valence-electron chi connectivity index (χ3n) is 21.3. The van der Waals surface area contributed by atoms with Crippen molar-refractivity contribution < 1.29 is 151 Å². The molecule has 2 saturated carbocycles. The number of Topliss-reactive ketones (excluding diaryl/α,β-unsaturated/α-hetero) is 4. The Morgan fingerprint density at radius 3 is 1.16 bits per heavy atom. The number of carbonyl (C=O) groups excluding carboxylic acids is 15. The van der Waals surface area contributed by atoms with E-state index in [1.165, 1.54) is 24.3 Å². The van der Waals surface area contributed by atoms with E-state index in [2.05, 4.69) is 55.8 Å². The first-order valence-electron chi connectivity index (χ1n) is 42.3. The number of ketones is 4. The van der Waals surface area contributed by atoms with Crippen LogP contribution < -0.4 is 61.5 Å². The Labute approximate surface area is 767 Å². The second kappa shape index (κ2) is 50.3. The van der Waals surface area contributed by atoms with Gasteiger partial charge in [0, 0.05) is 143 Å². The van der Waals surface area contributed by atoms with Gasteiger partial charge in [0.15, 0.2) is 33.9 Å². The van der Waals surface area contributed by atoms with E-state index >= 15 is 0 Å². The number of alkyl halides is 6. The first-order chi connectivity index (χ1) is 62.3. The summed E-state index contributed by atoms with van der Waals surface area (Å²) in [4.78, 5) is 242. The molecule has 2 aliphatic carbocycles. The van der Waals surface area contributed by atoms with E-state index in [9.17, 15) is 108 Å². The number of benzene rings is 2. The maximum absolute atomic E-state index is 13.8. The molecule has 0 unspecified atom stereocenters. The normalized spacial score (nSPS) is 15.0. The van der Waals surface area contributed by atoms with Crippen LogP contribution in [0, 0.1) is 5.92 Å². The van der Waals surface area contributed by atoms with Crippen molar-refractivity contribution in [1.29, 1.82) is 0 Å². The molecule has 712 valence electrons. The summed E-state index contributed by atoms with van der Waals surface area (Å²) in [5.74, 6) is -13.3. The Kier molecular flexibility index (Phi) is 40.6. The van der Waals surface area contributed by atoms with Gasteiger partial charge in [-0.15, -0.1) is 0 Å². The Morgan fingerprint density at radius 2 is 0.820 bits per heavy atom. The minimum Gasteiger partial charge on any atom is -0.870 e. The molecule has 4 aromatic heterocycles. The Balaban J connectivity index is 0.000000359. The van der Waals surface area contributed by atoms with Gasteiger partial charge in [-0.25, -0.2) is 29.5 Å². The van der Waals surface area contributed by atoms with Crippen molar-refractivity contribution in [3.05, 3.63) is 128 Å². The predicted molar refractivity (Wildman–Crippen MR) is 451 cm³/mol. The Hall–Kier alpha value is -12.6. The zero-order chi connectivity index (χ0) is 95.3. The van der Waals surface area contributed by atoms with Gasteiger partial charge in [-0.1, -0.05) is 26.7 Å². The van der Waals surface area contributed by atoms with E-state index in [4.69, 9.17) is 34.2 Å². The monoisotopic (exact) mass is 1860 g/mol. The SMILES string of the molecule is COC(=O)[C@H](CCC(=O)CCCOC1(OCCCC(=O)CCN2C(=O)C=CC2=O)CCCCC1)NC(=O)c1ccc(N(Cc2cnc3nc(N)[nH]c(=O)c3n2)C(=O)C(F)(F)F)cc1.COC(=O)[C@H](CCC(=O)CCCOC1(OCCCC(=O)CCN2C(=O)C=CC2=O)CCCCC1)NC(=O)c1ccc(N(Cc2cnc3nc(NC(=O)C(C)C)[nH]c(=O)c3n2)C(=O)C(F)(F)F)cc1.[Li+].[OH-]. The summed E-state index contributed by atoms with van der Waals surface area (Å²) < 4.78 is 117. The molecule has 133 heavy (non-hydrogen) atoms. The summed E-state index contributed by atoms with van der Waals surface area (Å²) in [6.07, 6.45) is 5.97. The molecule has 10 rings (SSSR count). The van der Waals surface area contributed by atoms with Crippen LogP contribution in [0.2, 0.25) is 0 Å². The van der Waals surface area contributed by atoms with Gasteiger partial charge >= 0.3 is 55.0 Å². The number of amides is 9. The van der Waals surface area contributed by atoms with Crippen molar-refractivity contribution in [3.63, 3.8) is 0 Å². The van der Waals surface area contributed by atoms with Crippen molar-refractivity contribution in [2.75, 3.05) is 74.6 Å². The van der Waals surface area contributed by atoms with E-state index in [-0.39, 0.29) is 219 Å². The summed E-state index contributed by atoms with van der Waals surface area (Å²) in [6.45, 7) is 2.62. The summed E-state index contributed by atoms with van der Waals surface area (Å²) in [7, 11) is 2.20. The number of hydrogen-bond acceptors (Lipinski definition) is 31. The minimum absolute atomic E-state index is 0. The number of nitrogen functional groups attached to an aromatic ring is 1. The van der Waals surface area contributed by atoms with Crippen molar-refractivity contribution in [2.24, 2.45) is 5.92 Å². The second-order valence-corrected chi connectivity index (χ2v) is 31.4. The summed E-state index contributed by atoms with van der Waals surface area (Å²) >= 11 is 0. The molecule has 4 aliphatic rings. The average molecular weight is 1860 g/mol. The Bertz CT molecular complexity index is 5360. The largest absolute Gasteiger partial charge is 1.00 e. The summed E-state index contributed by atoms with van der Waals surface area (Å²) in [5, 5.41) is 7.38. The number of hydrogen-bond donors (Lipinski definition) is 6. The topological polar surface area (TPSA) is 560 Å². The second-order valence-electron chi connectivity index (χ2n) is 31.4. The third-order valence-corrected chi connectivity index (χ3v) is 21.3. The molecule has 2 atom stereocenters. The molecular weight excluding hydrogens is 1760 g/mol. The number of carbonyl (C=O) groups is 15. The van der Waals surface area contributed by atoms with Gasteiger partial charge in [0.05, 0.1) is 77.5 Å². The number of nitrogens with zero attached hydrogens (tertiary/aromatic N) is 10. The van der Waals surface area contributed by atoms with Crippen molar-refractivity contribution in [1.82, 2.24) is 60.3 Å². The molecule has 47 heteroatoms. The van der Waals surface area contributed by atoms with E-state index in [1.54, 1.807) is 13.8 Å². The maximum Gasteiger partial charge on any atom is 1.00 e. The fourth-order valence-corrected chi connectivity index (χ4v) is 14.3. The van der Waals surface area contributed by atoms with E-state index in [0.717, 1.165) is 123 Å². The van der Waals surface area contributed by atoms with E-state index in [1.807, 2.05) is 0 Å². The van der Waals surface area contributed by atoms with Crippen LogP contribution in [0.25, 0.3) is 22.3 Å². The molecule has 2 aromatic carbocycles. The first-order valence-corrected chi connectivity index (χ1v) is 42.3. The number of halogens is 6. The number of imide groups is 2. The fraction of sp³-hybridized carbons (Fsp3) is 0.500. The number of anilines is 4. The molecule has 6 aromatic rings. The number of esters is 2. The van der Waals surface area contributed by atoms with Crippen LogP contribution in [-0.2, 0) is 104 Å². The van der Waals surface area contributed by atoms with Crippen molar-refractivity contribution in [3.8, 4) is 0 Å². The number of ether oxygens (including phenoxy) is 6. The molecule has 9 amide bonds. The van der Waals surface area contributed by atoms with Gasteiger partial charge in [-0.2, -0.15) is 36.3 Å². The number of H-pyrrole nitrogens is 2. The van der Waals surface area contributed by atoms with Crippen LogP contribution in [0.15, 0.2) is 94.8 Å². The Morgan fingerprint density at radius 1 is 0.481 bits per heavy atom. The van der Waals surface area contributed by atoms with Gasteiger partial charge < -0.3 is 50.3 Å². The van der Waals surface area contributed by atoms with Crippen LogP contribution in [0.5, 0.6) is 0 Å². The number of aromatic nitrogens is 8. The number of aromatic amines is 2. The predicted octanol–water partition coefficient (Wildman–Crippen LogP) is 4.14. The molecule has 0 spiro atoms. The minimum atomic E-state index is -5.35. The quantitative estimate of drug-likeness (QED) is 0.00781. The van der Waals surface area contributed by atoms with Crippen molar-refractivity contribution >= 4 is 134 Å². The van der Waals surface area contributed by atoms with Gasteiger partial charge in [-0.05, 0) is 113 Å². The number of nitrogens with one attached hydrogen (secondary N) is 5. The summed E-state index contributed by atoms with van der Waals surface area (Å²) in [5.41, 5.74) is 1.58. The van der Waals surface area contributed by atoms with Gasteiger partial charge in [0.2, 0.25) is 17.8 Å². The molecule has 2 fully saturated rings. The van der Waals surface area contributed by atoms with Crippen molar-refractivity contribution in [2.45, 2.75) is 217 Å². The van der Waals surface area contributed by atoms with Crippen LogP contribution in [-0.4, -0.2) is 233 Å². The van der Waals surface area contributed by atoms with Gasteiger partial charge in [0.1, 0.15) is 35.2 Å². The standard InChI is InChI=1S/C45H53F3N8O12.C41H47F3N8O11.Li.H2O/c1-27(2)38(61)53-43-52-37-36(40(63)54-43)50-29(25-49-37)26-56(42(65)45(46,47)48)30-13-11-28(12-14-30)39(62)51-33(41(64)66-3)16-15-31(57)9-7-23-67-44(20-5-4-6-21-44)68-24-8-10-32(58)19-22-55-34(59)17-18-35(55)60;1-61-37(59)30(14-13-28(53)7-5-21-62-40(18-3-2-4-19-40)63-22-6-8-29(54)17-20-51-31(55)15-16-32(51)56)48-35(57)25-9-11-27(12-10-25)52(38(60)41(42,43)44)24-26-23-46-34-33(47-26)36(58)50-39(45)49-34;;/h11-14,17-18,25,27,33H,4-10,15-16,19-24,26H2,1-3H3,(H,51,62)(H2,49,52,53,54,61,63);9-12,15-16,23,30H,2-8,13-14,17-22,24H2,1H3,(H,48,57)(H3,45,46,49,50,58);;1H2/q;;+1;/p-1/t33-;30-;;/m00../s1. The first kappa shape index (κ1) is 107. The zero-order valence-corrected chi connectivity index (χ0v) is 73.6. The zero-order valence-electron chi connectivity index (χ0n) is 73.6. The molecule has 0 radical (unpaired) electrons. The van der Waals surface area contributed by atoms with Crippen LogP contribution in [0.3, 0.4) is 0 Å². The number of fused-ring (bicyclic) bond motifs is 2. The van der Waals surface area contributed by atoms with Crippen LogP contribution >= 0.6 is 0 Å². The van der Waals surface area contributed by atoms with Crippen LogP contribution in [0.4, 0.5) is 49.6 Å². The molecule has 6 heterocycles. The molecule has 40 nitrogen and oxygen atoms in total. The van der Waals surface area contributed by atoms with Gasteiger partial charge in [-0.3, -0.25) is 107 Å². The average Bonchev–Trinajstić information content (AvgIpc) is 1.30. The van der Waals surface area contributed by atoms with E-state index < -0.39 is 131 Å². The number of methoxy groups -OCH3 is 2. The number of nitrogens with two attached hydrogens (primary N) is 1. The maximum atomic E-state index is 13.8. The fourth-order valence-electron chi connectivity index (χ4n) is 14.3. The molecule has 0 bridgehead atoms. The molecule has 8 N–H and O–H groups in total. The molecular formula is C86H101F6LiN16O24. The third kappa shape index (κ3) is 31.8. The van der Waals surface area contributed by atoms with E-state index in [0.29, 0.717) is 61.2 Å². The molecule has 0 saturated heterocycles. The number of rotatable bonds is 46. The van der Waals surface area contributed by atoms with Crippen LogP contribution in [0.1, 0.15) is 200 Å². The summed E-state index contributed by atoms with van der Waals surface area (Å²) in [6, 6.07) is 6.29.